The van der Waals surface area contributed by atoms with Crippen molar-refractivity contribution in [2.24, 2.45) is 5.92 Å². The minimum Gasteiger partial charge on any atom is -0.490 e. The fourth-order valence-electron chi connectivity index (χ4n) is 4.07. The van der Waals surface area contributed by atoms with Crippen LogP contribution in [0.5, 0.6) is 5.75 Å². The molecule has 2 aliphatic carbocycles. The highest BCUT2D eigenvalue weighted by Crippen LogP contribution is 2.31. The second-order valence-corrected chi connectivity index (χ2v) is 7.76. The molecule has 0 saturated heterocycles. The molecule has 4 rings (SSSR count). The predicted octanol–water partition coefficient (Wildman–Crippen LogP) is 5.33. The number of hydrogen-bond acceptors (Lipinski definition) is 2. The maximum Gasteiger partial charge on any atom is 0.120 e. The first-order chi connectivity index (χ1) is 12.3. The van der Waals surface area contributed by atoms with Crippen LogP contribution in [0.1, 0.15) is 49.3 Å². The van der Waals surface area contributed by atoms with Gasteiger partial charge in [-0.1, -0.05) is 43.3 Å². The summed E-state index contributed by atoms with van der Waals surface area (Å²) < 4.78 is 12.4. The Morgan fingerprint density at radius 2 is 1.60 bits per heavy atom. The van der Waals surface area contributed by atoms with E-state index in [-0.39, 0.29) is 0 Å². The van der Waals surface area contributed by atoms with Gasteiger partial charge in [-0.15, -0.1) is 0 Å². The molecule has 132 valence electrons. The molecule has 0 spiro atoms. The molecule has 0 radical (unpaired) electrons. The van der Waals surface area contributed by atoms with Crippen molar-refractivity contribution < 1.29 is 9.47 Å². The van der Waals surface area contributed by atoms with Gasteiger partial charge < -0.3 is 9.47 Å². The summed E-state index contributed by atoms with van der Waals surface area (Å²) in [5, 5.41) is 0. The van der Waals surface area contributed by atoms with Gasteiger partial charge in [0.15, 0.2) is 0 Å². The number of hydrogen-bond donors (Lipinski definition) is 0. The molecule has 1 atom stereocenters. The van der Waals surface area contributed by atoms with Crippen molar-refractivity contribution in [2.45, 2.75) is 64.3 Å². The molecule has 1 fully saturated rings. The third-order valence-electron chi connectivity index (χ3n) is 5.67. The summed E-state index contributed by atoms with van der Waals surface area (Å²) in [6.45, 7) is 3.05. The highest BCUT2D eigenvalue weighted by molar-refractivity contribution is 5.39. The van der Waals surface area contributed by atoms with Gasteiger partial charge in [0.1, 0.15) is 5.75 Å². The van der Waals surface area contributed by atoms with Gasteiger partial charge in [0, 0.05) is 0 Å². The van der Waals surface area contributed by atoms with Crippen molar-refractivity contribution in [3.05, 3.63) is 65.2 Å². The molecular weight excluding hydrogens is 308 g/mol. The van der Waals surface area contributed by atoms with Crippen molar-refractivity contribution in [1.82, 2.24) is 0 Å². The van der Waals surface area contributed by atoms with Gasteiger partial charge in [0.25, 0.3) is 0 Å². The fraction of sp³-hybridized carbons (Fsp3) is 0.478. The van der Waals surface area contributed by atoms with Crippen LogP contribution in [-0.2, 0) is 24.2 Å². The summed E-state index contributed by atoms with van der Waals surface area (Å²) in [6.07, 6.45) is 7.70. The number of fused-ring (bicyclic) bond motifs is 1. The summed E-state index contributed by atoms with van der Waals surface area (Å²) in [4.78, 5) is 0. The minimum atomic E-state index is 0.293. The molecule has 2 aromatic rings. The fourth-order valence-corrected chi connectivity index (χ4v) is 4.07. The van der Waals surface area contributed by atoms with Crippen molar-refractivity contribution >= 4 is 0 Å². The Balaban J connectivity index is 1.32. The van der Waals surface area contributed by atoms with E-state index >= 15 is 0 Å². The quantitative estimate of drug-likeness (QED) is 0.735. The van der Waals surface area contributed by atoms with Crippen LogP contribution < -0.4 is 4.74 Å². The molecule has 0 N–H and O–H groups in total. The monoisotopic (exact) mass is 336 g/mol. The first-order valence-corrected chi connectivity index (χ1v) is 9.70. The predicted molar refractivity (Wildman–Crippen MR) is 101 cm³/mol. The van der Waals surface area contributed by atoms with Gasteiger partial charge >= 0.3 is 0 Å². The van der Waals surface area contributed by atoms with Crippen LogP contribution in [0.4, 0.5) is 0 Å². The maximum absolute atomic E-state index is 6.25. The molecule has 25 heavy (non-hydrogen) atoms. The summed E-state index contributed by atoms with van der Waals surface area (Å²) in [7, 11) is 0. The van der Waals surface area contributed by atoms with Gasteiger partial charge in [-0.25, -0.2) is 0 Å². The minimum absolute atomic E-state index is 0.293. The Morgan fingerprint density at radius 3 is 2.40 bits per heavy atom. The van der Waals surface area contributed by atoms with Crippen LogP contribution in [0.3, 0.4) is 0 Å². The first kappa shape index (κ1) is 16.7. The average molecular weight is 336 g/mol. The Morgan fingerprint density at radius 1 is 0.840 bits per heavy atom. The lowest BCUT2D eigenvalue weighted by atomic mass is 9.89. The van der Waals surface area contributed by atoms with Crippen molar-refractivity contribution in [1.29, 1.82) is 0 Å². The van der Waals surface area contributed by atoms with Crippen molar-refractivity contribution in [3.8, 4) is 5.75 Å². The third kappa shape index (κ3) is 4.24. The lowest BCUT2D eigenvalue weighted by Crippen LogP contribution is -2.23. The molecule has 0 amide bonds. The van der Waals surface area contributed by atoms with E-state index in [1.807, 2.05) is 6.07 Å². The molecule has 2 nitrogen and oxygen atoms in total. The molecule has 0 aromatic heterocycles. The maximum atomic E-state index is 6.25. The van der Waals surface area contributed by atoms with E-state index in [1.165, 1.54) is 42.4 Å². The molecule has 2 heteroatoms. The SMILES string of the molecule is CC1CCC(Oc2ccc3c(c2)CC(OCc2ccccc2)C3)CC1. The lowest BCUT2D eigenvalue weighted by Gasteiger charge is -2.27. The molecule has 0 bridgehead atoms. The van der Waals surface area contributed by atoms with Crippen LogP contribution in [0.15, 0.2) is 48.5 Å². The van der Waals surface area contributed by atoms with E-state index < -0.39 is 0 Å². The van der Waals surface area contributed by atoms with Gasteiger partial charge in [-0.3, -0.25) is 0 Å². The van der Waals surface area contributed by atoms with Crippen LogP contribution in [0.25, 0.3) is 0 Å². The highest BCUT2D eigenvalue weighted by Gasteiger charge is 2.24. The van der Waals surface area contributed by atoms with E-state index in [1.54, 1.807) is 0 Å². The molecule has 1 unspecified atom stereocenters. The highest BCUT2D eigenvalue weighted by atomic mass is 16.5. The second kappa shape index (κ2) is 7.61. The van der Waals surface area contributed by atoms with E-state index in [9.17, 15) is 0 Å². The smallest absolute Gasteiger partial charge is 0.120 e. The van der Waals surface area contributed by atoms with Gasteiger partial charge in [-0.05, 0) is 73.3 Å². The molecule has 0 aliphatic heterocycles. The summed E-state index contributed by atoms with van der Waals surface area (Å²) in [5.41, 5.74) is 4.07. The summed E-state index contributed by atoms with van der Waals surface area (Å²) in [5.74, 6) is 1.91. The lowest BCUT2D eigenvalue weighted by molar-refractivity contribution is 0.0479. The average Bonchev–Trinajstić information content (AvgIpc) is 3.05. The first-order valence-electron chi connectivity index (χ1n) is 9.70. The molecular formula is C23H28O2. The Labute approximate surface area is 151 Å². The third-order valence-corrected chi connectivity index (χ3v) is 5.67. The van der Waals surface area contributed by atoms with Crippen LogP contribution in [0.2, 0.25) is 0 Å². The molecule has 2 aliphatic rings. The van der Waals surface area contributed by atoms with E-state index in [0.29, 0.717) is 18.8 Å². The Kier molecular flexibility index (Phi) is 5.07. The van der Waals surface area contributed by atoms with Gasteiger partial charge in [0.05, 0.1) is 18.8 Å². The summed E-state index contributed by atoms with van der Waals surface area (Å²) >= 11 is 0. The summed E-state index contributed by atoms with van der Waals surface area (Å²) in [6, 6.07) is 17.1. The largest absolute Gasteiger partial charge is 0.490 e. The zero-order valence-corrected chi connectivity index (χ0v) is 15.1. The van der Waals surface area contributed by atoms with Crippen LogP contribution in [-0.4, -0.2) is 12.2 Å². The van der Waals surface area contributed by atoms with Crippen molar-refractivity contribution in [3.63, 3.8) is 0 Å². The van der Waals surface area contributed by atoms with Crippen LogP contribution >= 0.6 is 0 Å². The van der Waals surface area contributed by atoms with E-state index in [0.717, 1.165) is 24.5 Å². The molecule has 0 heterocycles. The van der Waals surface area contributed by atoms with E-state index in [4.69, 9.17) is 9.47 Å². The number of benzene rings is 2. The zero-order chi connectivity index (χ0) is 17.1. The number of ether oxygens (including phenoxy) is 2. The van der Waals surface area contributed by atoms with E-state index in [2.05, 4.69) is 49.4 Å². The molecule has 2 aromatic carbocycles. The second-order valence-electron chi connectivity index (χ2n) is 7.76. The Bertz CT molecular complexity index is 686. The Hall–Kier alpha value is -1.80. The van der Waals surface area contributed by atoms with Crippen LogP contribution in [0, 0.1) is 5.92 Å². The molecule has 1 saturated carbocycles. The normalized spacial score (nSPS) is 25.6. The number of rotatable bonds is 5. The van der Waals surface area contributed by atoms with Gasteiger partial charge in [-0.2, -0.15) is 0 Å². The van der Waals surface area contributed by atoms with Crippen molar-refractivity contribution in [2.75, 3.05) is 0 Å². The zero-order valence-electron chi connectivity index (χ0n) is 15.1. The van der Waals surface area contributed by atoms with Gasteiger partial charge in [0.2, 0.25) is 0 Å². The topological polar surface area (TPSA) is 18.5 Å². The standard InChI is InChI=1S/C23H28O2/c1-17-7-10-21(11-8-17)25-22-12-9-19-13-23(15-20(19)14-22)24-16-18-5-3-2-4-6-18/h2-6,9,12,14,17,21,23H,7-8,10-11,13,15-16H2,1H3.